The number of unbranched alkanes of at least 4 members (excludes halogenated alkanes) is 9. The van der Waals surface area contributed by atoms with Crippen molar-refractivity contribution in [2.75, 3.05) is 18.1 Å². The first-order valence-electron chi connectivity index (χ1n) is 7.10. The lowest BCUT2D eigenvalue weighted by Crippen LogP contribution is -1.90. The van der Waals surface area contributed by atoms with Crippen molar-refractivity contribution in [3.05, 3.63) is 0 Å². The zero-order valence-corrected chi connectivity index (χ0v) is 11.9. The fraction of sp³-hybridized carbons (Fsp3) is 1.00. The van der Waals surface area contributed by atoms with Gasteiger partial charge in [0.15, 0.2) is 0 Å². The van der Waals surface area contributed by atoms with E-state index in [1.807, 2.05) is 11.8 Å². The Balaban J connectivity index is 2.83. The second kappa shape index (κ2) is 15.3. The van der Waals surface area contributed by atoms with E-state index >= 15 is 0 Å². The maximum absolute atomic E-state index is 8.61. The van der Waals surface area contributed by atoms with Crippen LogP contribution in [-0.2, 0) is 0 Å². The van der Waals surface area contributed by atoms with Crippen molar-refractivity contribution in [1.82, 2.24) is 5.73 Å². The van der Waals surface area contributed by atoms with Crippen molar-refractivity contribution in [3.8, 4) is 0 Å². The summed E-state index contributed by atoms with van der Waals surface area (Å²) < 4.78 is 0. The number of hydrogen-bond acceptors (Lipinski definition) is 1. The van der Waals surface area contributed by atoms with Gasteiger partial charge in [-0.1, -0.05) is 64.7 Å². The van der Waals surface area contributed by atoms with Crippen LogP contribution in [0.4, 0.5) is 0 Å². The van der Waals surface area contributed by atoms with Crippen LogP contribution in [-0.4, -0.2) is 18.1 Å². The molecule has 0 aromatic heterocycles. The average molecular weight is 243 g/mol. The maximum atomic E-state index is 8.61. The molecular formula is C14H29NS. The van der Waals surface area contributed by atoms with Gasteiger partial charge in [-0.15, -0.1) is 5.73 Å². The van der Waals surface area contributed by atoms with Crippen LogP contribution in [0.1, 0.15) is 71.1 Å². The molecule has 0 atom stereocenters. The van der Waals surface area contributed by atoms with Crippen molar-refractivity contribution in [2.45, 2.75) is 71.1 Å². The molecule has 0 N–H and O–H groups in total. The third-order valence-electron chi connectivity index (χ3n) is 2.88. The normalized spacial score (nSPS) is 10.9. The standard InChI is InChI=1S/C14H29NS/c1-2-3-4-5-6-7-8-9-10-11-13-16-14-12-15/h2-14H2,1H3. The van der Waals surface area contributed by atoms with Crippen molar-refractivity contribution in [2.24, 2.45) is 0 Å². The van der Waals surface area contributed by atoms with Gasteiger partial charge in [0.1, 0.15) is 0 Å². The molecule has 0 fully saturated rings. The van der Waals surface area contributed by atoms with Crippen LogP contribution in [0.2, 0.25) is 0 Å². The predicted octanol–water partition coefficient (Wildman–Crippen LogP) is 4.71. The predicted molar refractivity (Wildman–Crippen MR) is 76.2 cm³/mol. The van der Waals surface area contributed by atoms with Crippen molar-refractivity contribution < 1.29 is 0 Å². The largest absolute Gasteiger partial charge is 0.161 e. The second-order valence-electron chi connectivity index (χ2n) is 4.52. The molecule has 0 saturated heterocycles. The third-order valence-corrected chi connectivity index (χ3v) is 3.93. The number of rotatable bonds is 13. The van der Waals surface area contributed by atoms with E-state index in [4.69, 9.17) is 5.73 Å². The summed E-state index contributed by atoms with van der Waals surface area (Å²) in [7, 11) is 0. The minimum Gasteiger partial charge on any atom is -0.161 e. The first-order valence-corrected chi connectivity index (χ1v) is 8.26. The van der Waals surface area contributed by atoms with E-state index in [0.29, 0.717) is 6.54 Å². The highest BCUT2D eigenvalue weighted by atomic mass is 32.2. The van der Waals surface area contributed by atoms with E-state index in [2.05, 4.69) is 6.92 Å². The van der Waals surface area contributed by atoms with Gasteiger partial charge in [0.2, 0.25) is 0 Å². The van der Waals surface area contributed by atoms with E-state index in [1.54, 1.807) is 0 Å². The lowest BCUT2D eigenvalue weighted by Gasteiger charge is -2.02. The molecule has 16 heavy (non-hydrogen) atoms. The Labute approximate surface area is 107 Å². The fourth-order valence-electron chi connectivity index (χ4n) is 1.86. The van der Waals surface area contributed by atoms with Gasteiger partial charge in [-0.25, -0.2) is 0 Å². The summed E-state index contributed by atoms with van der Waals surface area (Å²) in [6.07, 6.45) is 14.1. The first kappa shape index (κ1) is 16.3. The zero-order chi connectivity index (χ0) is 11.9. The highest BCUT2D eigenvalue weighted by molar-refractivity contribution is 7.99. The highest BCUT2D eigenvalue weighted by Crippen LogP contribution is 2.11. The summed E-state index contributed by atoms with van der Waals surface area (Å²) in [5, 5.41) is 0. The summed E-state index contributed by atoms with van der Waals surface area (Å²) in [6, 6.07) is 0. The monoisotopic (exact) mass is 243 g/mol. The molecule has 0 unspecified atom stereocenters. The Hall–Kier alpha value is 0.310. The summed E-state index contributed by atoms with van der Waals surface area (Å²) in [5.74, 6) is 2.15. The summed E-state index contributed by atoms with van der Waals surface area (Å²) in [5.41, 5.74) is 8.61. The van der Waals surface area contributed by atoms with Crippen LogP contribution in [0, 0.1) is 0 Å². The lowest BCUT2D eigenvalue weighted by molar-refractivity contribution is 0.563. The molecule has 0 bridgehead atoms. The van der Waals surface area contributed by atoms with Gasteiger partial charge in [-0.3, -0.25) is 0 Å². The molecule has 0 aliphatic heterocycles. The summed E-state index contributed by atoms with van der Waals surface area (Å²) in [6.45, 7) is 2.61. The van der Waals surface area contributed by atoms with E-state index < -0.39 is 0 Å². The summed E-state index contributed by atoms with van der Waals surface area (Å²) >= 11 is 1.88. The van der Waals surface area contributed by atoms with Crippen LogP contribution in [0.3, 0.4) is 0 Å². The maximum Gasteiger partial charge on any atom is 0.0412 e. The molecule has 2 heteroatoms. The molecular weight excluding hydrogens is 214 g/mol. The number of nitrogens with zero attached hydrogens (tertiary/aromatic N) is 1. The lowest BCUT2D eigenvalue weighted by atomic mass is 10.1. The van der Waals surface area contributed by atoms with Gasteiger partial charge in [-0.05, 0) is 12.2 Å². The molecule has 0 heterocycles. The number of hydrogen-bond donors (Lipinski definition) is 0. The zero-order valence-electron chi connectivity index (χ0n) is 11.0. The second-order valence-corrected chi connectivity index (χ2v) is 5.74. The summed E-state index contributed by atoms with van der Waals surface area (Å²) in [4.78, 5) is 0. The SMILES string of the molecule is CCCCCCCCCCCCSCC[N]. The van der Waals surface area contributed by atoms with E-state index in [9.17, 15) is 0 Å². The molecule has 0 aliphatic carbocycles. The van der Waals surface area contributed by atoms with Crippen molar-refractivity contribution in [3.63, 3.8) is 0 Å². The van der Waals surface area contributed by atoms with Gasteiger partial charge in [-0.2, -0.15) is 11.8 Å². The highest BCUT2D eigenvalue weighted by Gasteiger charge is 1.93. The van der Waals surface area contributed by atoms with Crippen LogP contribution in [0.25, 0.3) is 0 Å². The molecule has 0 aliphatic rings. The minimum absolute atomic E-state index is 0.336. The van der Waals surface area contributed by atoms with Gasteiger partial charge in [0.25, 0.3) is 0 Å². The molecule has 0 spiro atoms. The molecule has 0 aromatic carbocycles. The Morgan fingerprint density at radius 2 is 1.19 bits per heavy atom. The average Bonchev–Trinajstić information content (AvgIpc) is 2.31. The Kier molecular flexibility index (Phi) is 15.6. The Morgan fingerprint density at radius 3 is 1.69 bits per heavy atom. The van der Waals surface area contributed by atoms with E-state index in [1.165, 1.54) is 70.0 Å². The van der Waals surface area contributed by atoms with Gasteiger partial charge >= 0.3 is 0 Å². The Morgan fingerprint density at radius 1 is 0.688 bits per heavy atom. The number of thioether (sulfide) groups is 1. The molecule has 2 radical (unpaired) electrons. The fourth-order valence-corrected chi connectivity index (χ4v) is 2.60. The van der Waals surface area contributed by atoms with Crippen LogP contribution < -0.4 is 5.73 Å². The molecule has 96 valence electrons. The van der Waals surface area contributed by atoms with Gasteiger partial charge in [0, 0.05) is 12.3 Å². The molecule has 0 rings (SSSR count). The van der Waals surface area contributed by atoms with E-state index in [-0.39, 0.29) is 0 Å². The van der Waals surface area contributed by atoms with Crippen molar-refractivity contribution >= 4 is 11.8 Å². The van der Waals surface area contributed by atoms with E-state index in [0.717, 1.165) is 5.75 Å². The van der Waals surface area contributed by atoms with Crippen LogP contribution in [0.5, 0.6) is 0 Å². The molecule has 1 nitrogen and oxygen atoms in total. The first-order chi connectivity index (χ1) is 7.91. The van der Waals surface area contributed by atoms with Crippen LogP contribution in [0.15, 0.2) is 0 Å². The minimum atomic E-state index is 0.336. The quantitative estimate of drug-likeness (QED) is 0.429. The van der Waals surface area contributed by atoms with Crippen LogP contribution >= 0.6 is 11.8 Å². The Bertz CT molecular complexity index is 103. The molecule has 0 amide bonds. The smallest absolute Gasteiger partial charge is 0.0412 e. The third kappa shape index (κ3) is 14.3. The van der Waals surface area contributed by atoms with Crippen molar-refractivity contribution in [1.29, 1.82) is 0 Å². The van der Waals surface area contributed by atoms with Gasteiger partial charge in [0.05, 0.1) is 0 Å². The molecule has 0 saturated carbocycles. The molecule has 0 aromatic rings. The topological polar surface area (TPSA) is 22.3 Å². The van der Waals surface area contributed by atoms with Gasteiger partial charge < -0.3 is 0 Å².